The number of carbonyl (C=O) groups excluding carboxylic acids is 1. The largest absolute Gasteiger partial charge is 0.445 e. The normalized spacial score (nSPS) is 20.4. The van der Waals surface area contributed by atoms with E-state index in [9.17, 15) is 4.79 Å². The van der Waals surface area contributed by atoms with Gasteiger partial charge < -0.3 is 26.8 Å². The van der Waals surface area contributed by atoms with Crippen molar-refractivity contribution in [2.75, 3.05) is 23.3 Å². The fraction of sp³-hybridized carbons (Fsp3) is 0.379. The van der Waals surface area contributed by atoms with Gasteiger partial charge in [0.05, 0.1) is 11.7 Å². The molecule has 1 fully saturated rings. The molecule has 1 aliphatic carbocycles. The molecule has 2 aromatic carbocycles. The predicted octanol–water partition coefficient (Wildman–Crippen LogP) is 4.51. The second-order valence-electron chi connectivity index (χ2n) is 10.6. The molecule has 2 aliphatic rings. The van der Waals surface area contributed by atoms with Gasteiger partial charge in [0.2, 0.25) is 5.95 Å². The molecule has 10 heteroatoms. The van der Waals surface area contributed by atoms with Crippen molar-refractivity contribution < 1.29 is 9.53 Å². The van der Waals surface area contributed by atoms with E-state index in [1.807, 2.05) is 34.8 Å². The van der Waals surface area contributed by atoms with Gasteiger partial charge in [-0.3, -0.25) is 0 Å². The molecule has 6 rings (SSSR count). The Labute approximate surface area is 227 Å². The van der Waals surface area contributed by atoms with Gasteiger partial charge in [0.1, 0.15) is 17.9 Å². The molecule has 0 spiro atoms. The van der Waals surface area contributed by atoms with Crippen molar-refractivity contribution in [3.05, 3.63) is 76.7 Å². The van der Waals surface area contributed by atoms with Gasteiger partial charge in [0.25, 0.3) is 0 Å². The summed E-state index contributed by atoms with van der Waals surface area (Å²) in [6, 6.07) is 16.0. The number of para-hydroxylation sites is 1. The number of ether oxygens (including phenoxy) is 1. The van der Waals surface area contributed by atoms with Crippen LogP contribution in [0.5, 0.6) is 0 Å². The molecule has 0 saturated heterocycles. The Balaban J connectivity index is 1.13. The summed E-state index contributed by atoms with van der Waals surface area (Å²) in [7, 11) is 0. The van der Waals surface area contributed by atoms with E-state index in [4.69, 9.17) is 21.2 Å². The lowest BCUT2D eigenvalue weighted by atomic mass is 9.81. The molecular weight excluding hydrogens is 492 g/mol. The summed E-state index contributed by atoms with van der Waals surface area (Å²) in [4.78, 5) is 21.6. The maximum atomic E-state index is 12.2. The van der Waals surface area contributed by atoms with E-state index < -0.39 is 0 Å². The number of imidazole rings is 1. The molecule has 1 unspecified atom stereocenters. The number of nitrogens with two attached hydrogens (primary N) is 2. The Morgan fingerprint density at radius 1 is 1.08 bits per heavy atom. The molecule has 4 aromatic rings. The van der Waals surface area contributed by atoms with Crippen molar-refractivity contribution in [3.63, 3.8) is 0 Å². The Kier molecular flexibility index (Phi) is 6.68. The number of amides is 1. The summed E-state index contributed by atoms with van der Waals surface area (Å²) >= 11 is 0. The monoisotopic (exact) mass is 526 g/mol. The second-order valence-corrected chi connectivity index (χ2v) is 10.6. The van der Waals surface area contributed by atoms with Crippen molar-refractivity contribution in [1.82, 2.24) is 24.9 Å². The van der Waals surface area contributed by atoms with Crippen LogP contribution in [-0.2, 0) is 17.8 Å². The number of benzene rings is 2. The number of carbonyl (C=O) groups is 1. The highest BCUT2D eigenvalue weighted by molar-refractivity contribution is 5.73. The van der Waals surface area contributed by atoms with Crippen molar-refractivity contribution in [3.8, 4) is 0 Å². The van der Waals surface area contributed by atoms with E-state index in [2.05, 4.69) is 45.8 Å². The standard InChI is InChI=1S/C29H34N8O2/c1-17-6-5-9-21-14-22(33-23(17)21)24-25-26(30)35-28(31)36-37(25)27(34-24)20-12-10-18(11-13-20)15-32-29(38)39-16-19-7-3-2-4-8-19/h2-9,18,20,22,33H,10-16H2,1H3,(H,32,38)(H4,30,31,35,36). The molecule has 39 heavy (non-hydrogen) atoms. The highest BCUT2D eigenvalue weighted by Gasteiger charge is 2.33. The molecule has 0 radical (unpaired) electrons. The van der Waals surface area contributed by atoms with Crippen molar-refractivity contribution in [2.45, 2.75) is 57.6 Å². The SMILES string of the molecule is Cc1cccc2c1NC(c1nc(C3CCC(CNC(=O)OCc4ccccc4)CC3)n3nc(N)nc(N)c13)C2. The van der Waals surface area contributed by atoms with Gasteiger partial charge in [-0.2, -0.15) is 4.98 Å². The van der Waals surface area contributed by atoms with Gasteiger partial charge in [-0.25, -0.2) is 14.3 Å². The van der Waals surface area contributed by atoms with Crippen LogP contribution in [0.4, 0.5) is 22.2 Å². The number of hydrogen-bond acceptors (Lipinski definition) is 8. The van der Waals surface area contributed by atoms with Gasteiger partial charge in [-0.15, -0.1) is 5.10 Å². The quantitative estimate of drug-likeness (QED) is 0.287. The average molecular weight is 527 g/mol. The number of alkyl carbamates (subject to hydrolysis) is 1. The molecule has 6 N–H and O–H groups in total. The fourth-order valence-electron chi connectivity index (χ4n) is 5.94. The summed E-state index contributed by atoms with van der Waals surface area (Å²) in [6.07, 6.45) is 4.25. The van der Waals surface area contributed by atoms with Gasteiger partial charge in [0.15, 0.2) is 5.82 Å². The second kappa shape index (κ2) is 10.4. The molecule has 1 saturated carbocycles. The maximum absolute atomic E-state index is 12.2. The number of nitrogens with zero attached hydrogens (tertiary/aromatic N) is 4. The third-order valence-corrected chi connectivity index (χ3v) is 7.98. The minimum absolute atomic E-state index is 0.0122. The van der Waals surface area contributed by atoms with E-state index in [-0.39, 0.29) is 30.6 Å². The van der Waals surface area contributed by atoms with Gasteiger partial charge in [-0.05, 0) is 55.2 Å². The number of nitrogen functional groups attached to an aromatic ring is 2. The summed E-state index contributed by atoms with van der Waals surface area (Å²) in [5, 5.41) is 11.1. The number of anilines is 3. The van der Waals surface area contributed by atoms with E-state index in [1.54, 1.807) is 0 Å². The zero-order chi connectivity index (χ0) is 26.9. The third kappa shape index (κ3) is 5.06. The molecule has 0 bridgehead atoms. The molecular formula is C29H34N8O2. The first-order valence-corrected chi connectivity index (χ1v) is 13.6. The lowest BCUT2D eigenvalue weighted by molar-refractivity contribution is 0.136. The highest BCUT2D eigenvalue weighted by atomic mass is 16.5. The zero-order valence-corrected chi connectivity index (χ0v) is 22.1. The highest BCUT2D eigenvalue weighted by Crippen LogP contribution is 2.41. The van der Waals surface area contributed by atoms with Crippen LogP contribution in [0.15, 0.2) is 48.5 Å². The summed E-state index contributed by atoms with van der Waals surface area (Å²) in [5.74, 6) is 1.96. The Morgan fingerprint density at radius 2 is 1.87 bits per heavy atom. The number of aromatic nitrogens is 4. The van der Waals surface area contributed by atoms with Crippen molar-refractivity contribution in [1.29, 1.82) is 0 Å². The smallest absolute Gasteiger partial charge is 0.407 e. The van der Waals surface area contributed by atoms with Crippen LogP contribution < -0.4 is 22.1 Å². The van der Waals surface area contributed by atoms with E-state index in [0.717, 1.165) is 60.4 Å². The van der Waals surface area contributed by atoms with Gasteiger partial charge >= 0.3 is 6.09 Å². The summed E-state index contributed by atoms with van der Waals surface area (Å²) in [5.41, 5.74) is 18.6. The van der Waals surface area contributed by atoms with Crippen LogP contribution in [0.25, 0.3) is 5.52 Å². The number of hydrogen-bond donors (Lipinski definition) is 4. The van der Waals surface area contributed by atoms with Crippen LogP contribution in [0.3, 0.4) is 0 Å². The van der Waals surface area contributed by atoms with Crippen LogP contribution in [0, 0.1) is 12.8 Å². The lowest BCUT2D eigenvalue weighted by Crippen LogP contribution is -2.31. The number of rotatable bonds is 6. The Bertz CT molecular complexity index is 1490. The average Bonchev–Trinajstić information content (AvgIpc) is 3.55. The summed E-state index contributed by atoms with van der Waals surface area (Å²) in [6.45, 7) is 2.97. The summed E-state index contributed by atoms with van der Waals surface area (Å²) < 4.78 is 7.17. The topological polar surface area (TPSA) is 145 Å². The molecule has 1 aliphatic heterocycles. The predicted molar refractivity (Wildman–Crippen MR) is 150 cm³/mol. The molecule has 1 amide bonds. The van der Waals surface area contributed by atoms with Gasteiger partial charge in [0, 0.05) is 24.6 Å². The first-order chi connectivity index (χ1) is 19.0. The van der Waals surface area contributed by atoms with Crippen molar-refractivity contribution in [2.24, 2.45) is 5.92 Å². The molecule has 2 aromatic heterocycles. The number of nitrogens with one attached hydrogen (secondary N) is 2. The van der Waals surface area contributed by atoms with Gasteiger partial charge in [-0.1, -0.05) is 48.5 Å². The number of fused-ring (bicyclic) bond motifs is 2. The van der Waals surface area contributed by atoms with Crippen LogP contribution in [0.1, 0.15) is 65.9 Å². The van der Waals surface area contributed by atoms with Crippen molar-refractivity contribution >= 4 is 29.1 Å². The fourth-order valence-corrected chi connectivity index (χ4v) is 5.94. The number of aryl methyl sites for hydroxylation is 1. The molecule has 202 valence electrons. The Morgan fingerprint density at radius 3 is 2.64 bits per heavy atom. The minimum Gasteiger partial charge on any atom is -0.445 e. The first kappa shape index (κ1) is 25.0. The molecule has 3 heterocycles. The van der Waals surface area contributed by atoms with Crippen LogP contribution in [-0.4, -0.2) is 32.2 Å². The minimum atomic E-state index is -0.382. The van der Waals surface area contributed by atoms with E-state index in [1.165, 1.54) is 11.1 Å². The lowest BCUT2D eigenvalue weighted by Gasteiger charge is -2.27. The first-order valence-electron chi connectivity index (χ1n) is 13.6. The van der Waals surface area contributed by atoms with Crippen LogP contribution >= 0.6 is 0 Å². The van der Waals surface area contributed by atoms with E-state index in [0.29, 0.717) is 18.3 Å². The Hall–Kier alpha value is -4.34. The molecule has 1 atom stereocenters. The van der Waals surface area contributed by atoms with E-state index >= 15 is 0 Å². The molecule has 10 nitrogen and oxygen atoms in total. The maximum Gasteiger partial charge on any atom is 0.407 e. The third-order valence-electron chi connectivity index (χ3n) is 7.98. The van der Waals surface area contributed by atoms with Crippen LogP contribution in [0.2, 0.25) is 0 Å². The zero-order valence-electron chi connectivity index (χ0n) is 22.1.